The molecule has 1 aromatic heterocycles. The van der Waals surface area contributed by atoms with Gasteiger partial charge in [-0.3, -0.25) is 9.48 Å². The molecule has 1 heterocycles. The number of nitrogens with one attached hydrogen (secondary N) is 2. The molecule has 0 saturated heterocycles. The molecule has 1 atom stereocenters. The minimum Gasteiger partial charge on any atom is -0.355 e. The van der Waals surface area contributed by atoms with E-state index >= 15 is 0 Å². The molecule has 2 aromatic rings. The van der Waals surface area contributed by atoms with Crippen molar-refractivity contribution < 1.29 is 13.2 Å². The van der Waals surface area contributed by atoms with Crippen LogP contribution in [0.25, 0.3) is 0 Å². The second kappa shape index (κ2) is 10.8. The molecular formula is C20H30N4O3S2. The quantitative estimate of drug-likeness (QED) is 0.526. The maximum absolute atomic E-state index is 12.7. The van der Waals surface area contributed by atoms with E-state index in [-0.39, 0.29) is 10.8 Å². The average Bonchev–Trinajstić information content (AvgIpc) is 2.99. The summed E-state index contributed by atoms with van der Waals surface area (Å²) in [4.78, 5) is 12.8. The topological polar surface area (TPSA) is 93.1 Å². The number of nitrogens with zero attached hydrogens (tertiary/aromatic N) is 2. The van der Waals surface area contributed by atoms with E-state index in [0.717, 1.165) is 17.0 Å². The van der Waals surface area contributed by atoms with Gasteiger partial charge in [0.15, 0.2) is 0 Å². The van der Waals surface area contributed by atoms with Crippen LogP contribution in [-0.2, 0) is 21.4 Å². The summed E-state index contributed by atoms with van der Waals surface area (Å²) in [6.45, 7) is 6.99. The van der Waals surface area contributed by atoms with Crippen LogP contribution in [0.4, 0.5) is 0 Å². The highest BCUT2D eigenvalue weighted by Gasteiger charge is 2.25. The Labute approximate surface area is 177 Å². The number of carbonyl (C=O) groups excluding carboxylic acids is 1. The van der Waals surface area contributed by atoms with E-state index in [1.807, 2.05) is 37.8 Å². The second-order valence-electron chi connectivity index (χ2n) is 7.06. The molecular weight excluding hydrogens is 408 g/mol. The van der Waals surface area contributed by atoms with E-state index in [0.29, 0.717) is 31.7 Å². The molecule has 2 N–H and O–H groups in total. The highest BCUT2D eigenvalue weighted by Crippen LogP contribution is 2.12. The van der Waals surface area contributed by atoms with Crippen molar-refractivity contribution in [3.05, 3.63) is 47.3 Å². The fraction of sp³-hybridized carbons (Fsp3) is 0.500. The molecule has 0 bridgehead atoms. The number of hydrogen-bond acceptors (Lipinski definition) is 5. The number of benzene rings is 1. The fourth-order valence-corrected chi connectivity index (χ4v) is 4.62. The monoisotopic (exact) mass is 438 g/mol. The average molecular weight is 439 g/mol. The zero-order valence-corrected chi connectivity index (χ0v) is 19.1. The van der Waals surface area contributed by atoms with Crippen LogP contribution >= 0.6 is 11.8 Å². The first-order valence-electron chi connectivity index (χ1n) is 9.59. The Bertz CT molecular complexity index is 908. The number of hydrogen-bond donors (Lipinski definition) is 2. The summed E-state index contributed by atoms with van der Waals surface area (Å²) in [5, 5.41) is 7.26. The number of thioether (sulfide) groups is 1. The molecule has 0 radical (unpaired) electrons. The fourth-order valence-electron chi connectivity index (χ4n) is 2.92. The van der Waals surface area contributed by atoms with E-state index in [2.05, 4.69) is 15.1 Å². The minimum absolute atomic E-state index is 0.162. The Morgan fingerprint density at radius 2 is 1.90 bits per heavy atom. The van der Waals surface area contributed by atoms with Gasteiger partial charge in [0.05, 0.1) is 10.6 Å². The van der Waals surface area contributed by atoms with Gasteiger partial charge < -0.3 is 5.32 Å². The van der Waals surface area contributed by atoms with Crippen LogP contribution in [0.1, 0.15) is 29.8 Å². The Kier molecular flexibility index (Phi) is 8.73. The van der Waals surface area contributed by atoms with E-state index in [4.69, 9.17) is 0 Å². The van der Waals surface area contributed by atoms with Crippen LogP contribution in [-0.4, -0.2) is 48.7 Å². The zero-order chi connectivity index (χ0) is 21.4. The molecule has 0 aliphatic heterocycles. The van der Waals surface area contributed by atoms with E-state index in [9.17, 15) is 13.2 Å². The van der Waals surface area contributed by atoms with Gasteiger partial charge in [-0.25, -0.2) is 8.42 Å². The third-order valence-electron chi connectivity index (χ3n) is 4.51. The lowest BCUT2D eigenvalue weighted by molar-refractivity contribution is -0.122. The minimum atomic E-state index is -3.76. The largest absolute Gasteiger partial charge is 0.355 e. The molecule has 1 aromatic carbocycles. The van der Waals surface area contributed by atoms with Crippen molar-refractivity contribution in [2.75, 3.05) is 18.6 Å². The molecule has 2 rings (SSSR count). The SMILES string of the molecule is CSCCC(NS(=O)(=O)c1ccc(C)cc1)C(=O)NCCCn1nc(C)cc1C. The van der Waals surface area contributed by atoms with E-state index in [1.54, 1.807) is 36.0 Å². The first kappa shape index (κ1) is 23.4. The Morgan fingerprint density at radius 1 is 1.21 bits per heavy atom. The van der Waals surface area contributed by atoms with Crippen molar-refractivity contribution in [1.82, 2.24) is 19.8 Å². The maximum Gasteiger partial charge on any atom is 0.241 e. The third-order valence-corrected chi connectivity index (χ3v) is 6.64. The van der Waals surface area contributed by atoms with Crippen molar-refractivity contribution in [3.63, 3.8) is 0 Å². The zero-order valence-electron chi connectivity index (χ0n) is 17.4. The number of amides is 1. The van der Waals surface area contributed by atoms with Crippen LogP contribution in [0, 0.1) is 20.8 Å². The van der Waals surface area contributed by atoms with Gasteiger partial charge in [-0.2, -0.15) is 21.6 Å². The highest BCUT2D eigenvalue weighted by molar-refractivity contribution is 7.98. The van der Waals surface area contributed by atoms with Crippen molar-refractivity contribution in [1.29, 1.82) is 0 Å². The lowest BCUT2D eigenvalue weighted by atomic mass is 10.2. The van der Waals surface area contributed by atoms with Gasteiger partial charge in [0.25, 0.3) is 0 Å². The lowest BCUT2D eigenvalue weighted by Crippen LogP contribution is -2.47. The summed E-state index contributed by atoms with van der Waals surface area (Å²) in [6.07, 6.45) is 3.07. The molecule has 29 heavy (non-hydrogen) atoms. The first-order chi connectivity index (χ1) is 13.7. The summed E-state index contributed by atoms with van der Waals surface area (Å²) in [7, 11) is -3.76. The number of aryl methyl sites for hydroxylation is 4. The normalized spacial score (nSPS) is 12.7. The van der Waals surface area contributed by atoms with Crippen LogP contribution < -0.4 is 10.0 Å². The molecule has 0 fully saturated rings. The Morgan fingerprint density at radius 3 is 2.48 bits per heavy atom. The summed E-state index contributed by atoms with van der Waals surface area (Å²) in [6, 6.07) is 7.79. The summed E-state index contributed by atoms with van der Waals surface area (Å²) in [5.41, 5.74) is 3.02. The van der Waals surface area contributed by atoms with Gasteiger partial charge in [0.1, 0.15) is 6.04 Å². The van der Waals surface area contributed by atoms with Gasteiger partial charge >= 0.3 is 0 Å². The second-order valence-corrected chi connectivity index (χ2v) is 9.76. The summed E-state index contributed by atoms with van der Waals surface area (Å²) in [5.74, 6) is 0.378. The molecule has 0 aliphatic rings. The summed E-state index contributed by atoms with van der Waals surface area (Å²) >= 11 is 1.57. The van der Waals surface area contributed by atoms with Crippen molar-refractivity contribution >= 4 is 27.7 Å². The first-order valence-corrected chi connectivity index (χ1v) is 12.5. The standard InChI is InChI=1S/C20H30N4O3S2/c1-15-6-8-18(9-7-15)29(26,27)23-19(10-13-28-4)20(25)21-11-5-12-24-17(3)14-16(2)22-24/h6-9,14,19,23H,5,10-13H2,1-4H3,(H,21,25). The van der Waals surface area contributed by atoms with Crippen molar-refractivity contribution in [2.45, 2.75) is 51.1 Å². The van der Waals surface area contributed by atoms with Crippen molar-refractivity contribution in [2.24, 2.45) is 0 Å². The number of aromatic nitrogens is 2. The number of sulfonamides is 1. The van der Waals surface area contributed by atoms with E-state index < -0.39 is 16.1 Å². The van der Waals surface area contributed by atoms with Gasteiger partial charge in [-0.15, -0.1) is 0 Å². The van der Waals surface area contributed by atoms with Crippen LogP contribution in [0.3, 0.4) is 0 Å². The molecule has 0 spiro atoms. The Balaban J connectivity index is 1.94. The molecule has 0 aliphatic carbocycles. The van der Waals surface area contributed by atoms with Crippen LogP contribution in [0.5, 0.6) is 0 Å². The number of rotatable bonds is 11. The lowest BCUT2D eigenvalue weighted by Gasteiger charge is -2.18. The molecule has 1 amide bonds. The van der Waals surface area contributed by atoms with Crippen LogP contribution in [0.2, 0.25) is 0 Å². The third kappa shape index (κ3) is 7.17. The summed E-state index contributed by atoms with van der Waals surface area (Å²) < 4.78 is 29.8. The van der Waals surface area contributed by atoms with Gasteiger partial charge in [-0.05, 0) is 63.8 Å². The smallest absolute Gasteiger partial charge is 0.241 e. The molecule has 0 saturated carbocycles. The van der Waals surface area contributed by atoms with Crippen LogP contribution in [0.15, 0.2) is 35.2 Å². The number of carbonyl (C=O) groups is 1. The molecule has 160 valence electrons. The molecule has 1 unspecified atom stereocenters. The maximum atomic E-state index is 12.7. The van der Waals surface area contributed by atoms with Crippen molar-refractivity contribution in [3.8, 4) is 0 Å². The highest BCUT2D eigenvalue weighted by atomic mass is 32.2. The van der Waals surface area contributed by atoms with E-state index in [1.165, 1.54) is 0 Å². The molecule has 7 nitrogen and oxygen atoms in total. The predicted octanol–water partition coefficient (Wildman–Crippen LogP) is 2.41. The van der Waals surface area contributed by atoms with Gasteiger partial charge in [0.2, 0.25) is 15.9 Å². The van der Waals surface area contributed by atoms with Gasteiger partial charge in [0, 0.05) is 18.8 Å². The van der Waals surface area contributed by atoms with Gasteiger partial charge in [-0.1, -0.05) is 17.7 Å². The molecule has 9 heteroatoms. The Hall–Kier alpha value is -1.84. The predicted molar refractivity (Wildman–Crippen MR) is 118 cm³/mol.